The van der Waals surface area contributed by atoms with Crippen molar-refractivity contribution in [1.82, 2.24) is 0 Å². The van der Waals surface area contributed by atoms with Crippen molar-refractivity contribution in [2.24, 2.45) is 0 Å². The molecule has 0 amide bonds. The summed E-state index contributed by atoms with van der Waals surface area (Å²) in [4.78, 5) is 21.7. The Morgan fingerprint density at radius 1 is 1.38 bits per heavy atom. The second-order valence-corrected chi connectivity index (χ2v) is 4.24. The molecule has 0 unspecified atom stereocenters. The van der Waals surface area contributed by atoms with Crippen LogP contribution >= 0.6 is 0 Å². The van der Waals surface area contributed by atoms with E-state index in [9.17, 15) is 14.9 Å². The molecule has 0 aliphatic rings. The Hall–Kier alpha value is -2.83. The molecular weight excluding hydrogens is 278 g/mol. The zero-order chi connectivity index (χ0) is 15.4. The van der Waals surface area contributed by atoms with Gasteiger partial charge in [0.1, 0.15) is 17.9 Å². The van der Waals surface area contributed by atoms with Crippen molar-refractivity contribution in [3.8, 4) is 5.75 Å². The first-order valence-corrected chi connectivity index (χ1v) is 6.05. The van der Waals surface area contributed by atoms with Gasteiger partial charge in [-0.1, -0.05) is 0 Å². The number of carbonyl (C=O) groups is 1. The highest BCUT2D eigenvalue weighted by molar-refractivity contribution is 5.90. The Bertz CT molecular complexity index is 676. The Morgan fingerprint density at radius 3 is 2.76 bits per heavy atom. The van der Waals surface area contributed by atoms with E-state index in [0.29, 0.717) is 17.1 Å². The van der Waals surface area contributed by atoms with Crippen molar-refractivity contribution < 1.29 is 23.6 Å². The number of rotatable bonds is 5. The van der Waals surface area contributed by atoms with Gasteiger partial charge in [-0.15, -0.1) is 0 Å². The van der Waals surface area contributed by atoms with E-state index in [2.05, 4.69) is 4.74 Å². The van der Waals surface area contributed by atoms with Crippen LogP contribution in [0.1, 0.15) is 21.7 Å². The van der Waals surface area contributed by atoms with Gasteiger partial charge in [-0.25, -0.2) is 4.79 Å². The lowest BCUT2D eigenvalue weighted by atomic mass is 10.2. The number of furan rings is 1. The van der Waals surface area contributed by atoms with Crippen molar-refractivity contribution in [3.63, 3.8) is 0 Å². The molecule has 21 heavy (non-hydrogen) atoms. The zero-order valence-corrected chi connectivity index (χ0v) is 11.5. The van der Waals surface area contributed by atoms with Gasteiger partial charge in [-0.05, 0) is 25.1 Å². The van der Waals surface area contributed by atoms with Crippen LogP contribution in [-0.2, 0) is 11.3 Å². The molecule has 0 spiro atoms. The van der Waals surface area contributed by atoms with Crippen molar-refractivity contribution in [2.45, 2.75) is 13.5 Å². The molecule has 110 valence electrons. The van der Waals surface area contributed by atoms with E-state index in [1.165, 1.54) is 31.6 Å². The molecule has 1 heterocycles. The van der Waals surface area contributed by atoms with Crippen LogP contribution in [0.5, 0.6) is 5.75 Å². The van der Waals surface area contributed by atoms with Crippen LogP contribution in [0, 0.1) is 17.0 Å². The van der Waals surface area contributed by atoms with Gasteiger partial charge in [0.05, 0.1) is 18.3 Å². The summed E-state index contributed by atoms with van der Waals surface area (Å²) in [5, 5.41) is 10.7. The van der Waals surface area contributed by atoms with E-state index in [4.69, 9.17) is 9.15 Å². The van der Waals surface area contributed by atoms with Gasteiger partial charge in [0, 0.05) is 11.6 Å². The van der Waals surface area contributed by atoms with Gasteiger partial charge in [0.25, 0.3) is 5.69 Å². The molecule has 0 saturated heterocycles. The van der Waals surface area contributed by atoms with Crippen LogP contribution in [0.15, 0.2) is 34.9 Å². The molecule has 0 atom stereocenters. The van der Waals surface area contributed by atoms with Crippen LogP contribution in [0.4, 0.5) is 5.69 Å². The predicted octanol–water partition coefficient (Wildman–Crippen LogP) is 2.86. The summed E-state index contributed by atoms with van der Waals surface area (Å²) in [6.45, 7) is 1.65. The average molecular weight is 291 g/mol. The number of aryl methyl sites for hydroxylation is 1. The number of nitro benzene ring substituents is 1. The van der Waals surface area contributed by atoms with E-state index in [1.807, 2.05) is 0 Å². The zero-order valence-electron chi connectivity index (χ0n) is 11.5. The number of esters is 1. The Morgan fingerprint density at radius 2 is 2.14 bits per heavy atom. The summed E-state index contributed by atoms with van der Waals surface area (Å²) in [7, 11) is 1.28. The molecule has 0 N–H and O–H groups in total. The standard InChI is InChI=1S/C14H13NO6/c1-9-7-10(3-4-12(9)15(17)18)21-8-13-11(5-6-20-13)14(16)19-2/h3-7H,8H2,1-2H3. The Labute approximate surface area is 120 Å². The average Bonchev–Trinajstić information content (AvgIpc) is 2.92. The lowest BCUT2D eigenvalue weighted by Crippen LogP contribution is -2.05. The molecule has 0 fully saturated rings. The van der Waals surface area contributed by atoms with Gasteiger partial charge >= 0.3 is 5.97 Å². The first-order valence-electron chi connectivity index (χ1n) is 6.05. The van der Waals surface area contributed by atoms with Gasteiger partial charge < -0.3 is 13.9 Å². The van der Waals surface area contributed by atoms with Crippen LogP contribution in [-0.4, -0.2) is 18.0 Å². The lowest BCUT2D eigenvalue weighted by molar-refractivity contribution is -0.385. The highest BCUT2D eigenvalue weighted by atomic mass is 16.6. The minimum absolute atomic E-state index is 0.0225. The fourth-order valence-electron chi connectivity index (χ4n) is 1.82. The predicted molar refractivity (Wildman–Crippen MR) is 72.2 cm³/mol. The number of nitro groups is 1. The number of ether oxygens (including phenoxy) is 2. The fourth-order valence-corrected chi connectivity index (χ4v) is 1.82. The molecule has 0 radical (unpaired) electrons. The number of benzene rings is 1. The summed E-state index contributed by atoms with van der Waals surface area (Å²) in [5.74, 6) is 0.269. The number of methoxy groups -OCH3 is 1. The molecule has 1 aromatic heterocycles. The van der Waals surface area contributed by atoms with Crippen molar-refractivity contribution >= 4 is 11.7 Å². The molecular formula is C14H13NO6. The summed E-state index contributed by atoms with van der Waals surface area (Å²) in [5.41, 5.74) is 0.803. The smallest absolute Gasteiger partial charge is 0.341 e. The summed E-state index contributed by atoms with van der Waals surface area (Å²) in [6, 6.07) is 5.91. The molecule has 1 aromatic carbocycles. The van der Waals surface area contributed by atoms with Crippen LogP contribution in [0.2, 0.25) is 0 Å². The summed E-state index contributed by atoms with van der Waals surface area (Å²) < 4.78 is 15.3. The molecule has 0 bridgehead atoms. The second kappa shape index (κ2) is 6.08. The minimum atomic E-state index is -0.512. The second-order valence-electron chi connectivity index (χ2n) is 4.24. The molecule has 7 nitrogen and oxygen atoms in total. The van der Waals surface area contributed by atoms with E-state index in [1.54, 1.807) is 13.0 Å². The van der Waals surface area contributed by atoms with Gasteiger partial charge in [-0.2, -0.15) is 0 Å². The van der Waals surface area contributed by atoms with Gasteiger partial charge in [0.15, 0.2) is 5.76 Å². The SMILES string of the molecule is COC(=O)c1ccoc1COc1ccc([N+](=O)[O-])c(C)c1. The first kappa shape index (κ1) is 14.6. The Kier molecular flexibility index (Phi) is 4.22. The number of carbonyl (C=O) groups excluding carboxylic acids is 1. The minimum Gasteiger partial charge on any atom is -0.486 e. The largest absolute Gasteiger partial charge is 0.486 e. The Balaban J connectivity index is 2.10. The summed E-state index contributed by atoms with van der Waals surface area (Å²) >= 11 is 0. The maximum atomic E-state index is 11.5. The molecule has 2 aromatic rings. The monoisotopic (exact) mass is 291 g/mol. The van der Waals surface area contributed by atoms with Crippen LogP contribution in [0.3, 0.4) is 0 Å². The number of hydrogen-bond donors (Lipinski definition) is 0. The number of hydrogen-bond acceptors (Lipinski definition) is 6. The fraction of sp³-hybridized carbons (Fsp3) is 0.214. The third-order valence-corrected chi connectivity index (χ3v) is 2.89. The van der Waals surface area contributed by atoms with E-state index in [0.717, 1.165) is 0 Å². The van der Waals surface area contributed by atoms with E-state index in [-0.39, 0.29) is 17.9 Å². The highest BCUT2D eigenvalue weighted by Gasteiger charge is 2.16. The maximum Gasteiger partial charge on any atom is 0.341 e. The molecule has 0 aliphatic heterocycles. The first-order chi connectivity index (χ1) is 10.0. The molecule has 7 heteroatoms. The van der Waals surface area contributed by atoms with Crippen molar-refractivity contribution in [3.05, 3.63) is 57.5 Å². The quantitative estimate of drug-likeness (QED) is 0.478. The summed E-state index contributed by atoms with van der Waals surface area (Å²) in [6.07, 6.45) is 1.37. The molecule has 0 saturated carbocycles. The van der Waals surface area contributed by atoms with Gasteiger partial charge in [-0.3, -0.25) is 10.1 Å². The van der Waals surface area contributed by atoms with Crippen molar-refractivity contribution in [2.75, 3.05) is 7.11 Å². The van der Waals surface area contributed by atoms with E-state index >= 15 is 0 Å². The highest BCUT2D eigenvalue weighted by Crippen LogP contribution is 2.24. The topological polar surface area (TPSA) is 91.8 Å². The van der Waals surface area contributed by atoms with E-state index < -0.39 is 10.9 Å². The van der Waals surface area contributed by atoms with Crippen LogP contribution in [0.25, 0.3) is 0 Å². The van der Waals surface area contributed by atoms with Crippen LogP contribution < -0.4 is 4.74 Å². The number of nitrogens with zero attached hydrogens (tertiary/aromatic N) is 1. The normalized spacial score (nSPS) is 10.2. The third kappa shape index (κ3) is 3.19. The van der Waals surface area contributed by atoms with Crippen molar-refractivity contribution in [1.29, 1.82) is 0 Å². The lowest BCUT2D eigenvalue weighted by Gasteiger charge is -2.06. The molecule has 2 rings (SSSR count). The maximum absolute atomic E-state index is 11.5. The third-order valence-electron chi connectivity index (χ3n) is 2.89. The molecule has 0 aliphatic carbocycles. The van der Waals surface area contributed by atoms with Gasteiger partial charge in [0.2, 0.25) is 0 Å².